The molecule has 1 aliphatic heterocycles. The van der Waals surface area contributed by atoms with Crippen LogP contribution in [0.3, 0.4) is 0 Å². The van der Waals surface area contributed by atoms with Crippen LogP contribution < -0.4 is 10.1 Å². The molecule has 2 aromatic heterocycles. The molecule has 1 saturated carbocycles. The number of carbonyl (C=O) groups is 1. The summed E-state index contributed by atoms with van der Waals surface area (Å²) in [5, 5.41) is 2.89. The molecule has 2 fully saturated rings. The summed E-state index contributed by atoms with van der Waals surface area (Å²) in [6.07, 6.45) is 7.97. The van der Waals surface area contributed by atoms with Gasteiger partial charge in [-0.05, 0) is 38.0 Å². The van der Waals surface area contributed by atoms with Crippen LogP contribution in [0.4, 0.5) is 0 Å². The molecule has 27 heavy (non-hydrogen) atoms. The van der Waals surface area contributed by atoms with Crippen LogP contribution in [0.2, 0.25) is 0 Å². The van der Waals surface area contributed by atoms with Gasteiger partial charge in [-0.1, -0.05) is 0 Å². The van der Waals surface area contributed by atoms with E-state index in [-0.39, 0.29) is 17.9 Å². The molecule has 2 atom stereocenters. The topological polar surface area (TPSA) is 81.9 Å². The maximum absolute atomic E-state index is 11.6. The van der Waals surface area contributed by atoms with Crippen LogP contribution in [-0.4, -0.2) is 38.1 Å². The van der Waals surface area contributed by atoms with Gasteiger partial charge in [-0.2, -0.15) is 0 Å². The molecule has 0 radical (unpaired) electrons. The highest BCUT2D eigenvalue weighted by Crippen LogP contribution is 2.41. The van der Waals surface area contributed by atoms with Crippen molar-refractivity contribution >= 4 is 16.9 Å². The number of hydrogen-bond donors (Lipinski definition) is 1. The molecule has 1 amide bonds. The molecule has 2 aliphatic rings. The number of rotatable bonds is 5. The molecule has 1 aromatic carbocycles. The van der Waals surface area contributed by atoms with Crippen LogP contribution in [-0.2, 0) is 4.79 Å². The van der Waals surface area contributed by atoms with Crippen LogP contribution in [0.1, 0.15) is 32.2 Å². The molecular weight excluding hydrogens is 342 g/mol. The number of benzene rings is 1. The Morgan fingerprint density at radius 1 is 1.30 bits per heavy atom. The quantitative estimate of drug-likeness (QED) is 0.754. The summed E-state index contributed by atoms with van der Waals surface area (Å²) < 4.78 is 8.62. The van der Waals surface area contributed by atoms with E-state index >= 15 is 0 Å². The Kier molecular flexibility index (Phi) is 3.81. The minimum atomic E-state index is -0.0737. The number of fused-ring (bicyclic) bond motifs is 1. The second kappa shape index (κ2) is 6.33. The second-order valence-corrected chi connectivity index (χ2v) is 7.41. The lowest BCUT2D eigenvalue weighted by Gasteiger charge is -2.21. The lowest BCUT2D eigenvalue weighted by atomic mass is 10.0. The third-order valence-electron chi connectivity index (χ3n) is 5.44. The van der Waals surface area contributed by atoms with E-state index in [1.165, 1.54) is 12.8 Å². The van der Waals surface area contributed by atoms with Gasteiger partial charge >= 0.3 is 0 Å². The normalized spacial score (nSPS) is 20.6. The molecule has 138 valence electrons. The van der Waals surface area contributed by atoms with Gasteiger partial charge in [0, 0.05) is 36.7 Å². The van der Waals surface area contributed by atoms with Gasteiger partial charge in [-0.25, -0.2) is 15.0 Å². The molecule has 1 unspecified atom stereocenters. The van der Waals surface area contributed by atoms with Gasteiger partial charge in [0.1, 0.15) is 23.7 Å². The van der Waals surface area contributed by atoms with Gasteiger partial charge in [0.2, 0.25) is 5.91 Å². The fraction of sp³-hybridized carbons (Fsp3) is 0.400. The maximum atomic E-state index is 11.6. The van der Waals surface area contributed by atoms with Crippen LogP contribution in [0.15, 0.2) is 37.1 Å². The SMILES string of the molecule is CC(Oc1cc(-c2ccncn2)cc2ncn(C3CC3)c12)[C@H]1CNC(=O)C1. The Bertz CT molecular complexity index is 996. The molecule has 1 saturated heterocycles. The number of amides is 1. The Morgan fingerprint density at radius 2 is 2.19 bits per heavy atom. The summed E-state index contributed by atoms with van der Waals surface area (Å²) in [7, 11) is 0. The molecule has 1 N–H and O–H groups in total. The van der Waals surface area contributed by atoms with Crippen molar-refractivity contribution in [1.82, 2.24) is 24.8 Å². The van der Waals surface area contributed by atoms with Crippen molar-refractivity contribution in [3.8, 4) is 17.0 Å². The van der Waals surface area contributed by atoms with E-state index < -0.39 is 0 Å². The number of nitrogens with one attached hydrogen (secondary N) is 1. The van der Waals surface area contributed by atoms with E-state index in [4.69, 9.17) is 4.74 Å². The largest absolute Gasteiger partial charge is 0.488 e. The first kappa shape index (κ1) is 16.2. The first-order chi connectivity index (χ1) is 13.2. The number of carbonyl (C=O) groups excluding carboxylic acids is 1. The lowest BCUT2D eigenvalue weighted by molar-refractivity contribution is -0.119. The Balaban J connectivity index is 1.57. The lowest BCUT2D eigenvalue weighted by Crippen LogP contribution is -2.25. The number of hydrogen-bond acceptors (Lipinski definition) is 5. The number of aromatic nitrogens is 4. The van der Waals surface area contributed by atoms with E-state index in [1.807, 2.05) is 25.4 Å². The summed E-state index contributed by atoms with van der Waals surface area (Å²) in [4.78, 5) is 24.6. The first-order valence-electron chi connectivity index (χ1n) is 9.39. The molecule has 3 aromatic rings. The van der Waals surface area contributed by atoms with Crippen LogP contribution in [0.25, 0.3) is 22.3 Å². The van der Waals surface area contributed by atoms with Crippen molar-refractivity contribution in [3.05, 3.63) is 37.1 Å². The molecule has 5 rings (SSSR count). The van der Waals surface area contributed by atoms with Gasteiger partial charge < -0.3 is 14.6 Å². The molecule has 1 aliphatic carbocycles. The fourth-order valence-electron chi connectivity index (χ4n) is 3.72. The monoisotopic (exact) mass is 363 g/mol. The molecule has 3 heterocycles. The van der Waals surface area contributed by atoms with E-state index in [9.17, 15) is 4.79 Å². The molecule has 0 bridgehead atoms. The highest BCUT2D eigenvalue weighted by molar-refractivity contribution is 5.87. The zero-order chi connectivity index (χ0) is 18.4. The van der Waals surface area contributed by atoms with Gasteiger partial charge in [0.15, 0.2) is 0 Å². The molecule has 0 spiro atoms. The van der Waals surface area contributed by atoms with E-state index in [2.05, 4.69) is 30.9 Å². The third kappa shape index (κ3) is 3.03. The molecular formula is C20H21N5O2. The number of nitrogens with zero attached hydrogens (tertiary/aromatic N) is 4. The fourth-order valence-corrected chi connectivity index (χ4v) is 3.72. The van der Waals surface area contributed by atoms with Crippen LogP contribution >= 0.6 is 0 Å². The highest BCUT2D eigenvalue weighted by atomic mass is 16.5. The van der Waals surface area contributed by atoms with E-state index in [0.29, 0.717) is 19.0 Å². The van der Waals surface area contributed by atoms with Crippen molar-refractivity contribution in [1.29, 1.82) is 0 Å². The van der Waals surface area contributed by atoms with Gasteiger partial charge in [0.25, 0.3) is 0 Å². The van der Waals surface area contributed by atoms with Gasteiger partial charge in [-0.15, -0.1) is 0 Å². The summed E-state index contributed by atoms with van der Waals surface area (Å²) in [5.41, 5.74) is 3.72. The molecule has 7 heteroatoms. The minimum Gasteiger partial charge on any atom is -0.488 e. The predicted octanol–water partition coefficient (Wildman–Crippen LogP) is 2.73. The van der Waals surface area contributed by atoms with Gasteiger partial charge in [0.05, 0.1) is 17.5 Å². The van der Waals surface area contributed by atoms with Crippen molar-refractivity contribution < 1.29 is 9.53 Å². The Morgan fingerprint density at radius 3 is 2.89 bits per heavy atom. The number of imidazole rings is 1. The Labute approximate surface area is 156 Å². The van der Waals surface area contributed by atoms with E-state index in [1.54, 1.807) is 12.5 Å². The van der Waals surface area contributed by atoms with Crippen molar-refractivity contribution in [2.45, 2.75) is 38.3 Å². The third-order valence-corrected chi connectivity index (χ3v) is 5.44. The zero-order valence-electron chi connectivity index (χ0n) is 15.1. The van der Waals surface area contributed by atoms with Crippen LogP contribution in [0, 0.1) is 5.92 Å². The van der Waals surface area contributed by atoms with Crippen molar-refractivity contribution in [3.63, 3.8) is 0 Å². The predicted molar refractivity (Wildman–Crippen MR) is 100 cm³/mol. The maximum Gasteiger partial charge on any atom is 0.220 e. The zero-order valence-corrected chi connectivity index (χ0v) is 15.1. The highest BCUT2D eigenvalue weighted by Gasteiger charge is 2.30. The van der Waals surface area contributed by atoms with E-state index in [0.717, 1.165) is 28.0 Å². The minimum absolute atomic E-state index is 0.0737. The average Bonchev–Trinajstić information content (AvgIpc) is 3.28. The summed E-state index contributed by atoms with van der Waals surface area (Å²) >= 11 is 0. The summed E-state index contributed by atoms with van der Waals surface area (Å²) in [6.45, 7) is 2.70. The second-order valence-electron chi connectivity index (χ2n) is 7.41. The Hall–Kier alpha value is -2.96. The van der Waals surface area contributed by atoms with Crippen molar-refractivity contribution in [2.75, 3.05) is 6.54 Å². The summed E-state index contributed by atoms with van der Waals surface area (Å²) in [5.74, 6) is 1.07. The molecule has 7 nitrogen and oxygen atoms in total. The van der Waals surface area contributed by atoms with Crippen molar-refractivity contribution in [2.24, 2.45) is 5.92 Å². The smallest absolute Gasteiger partial charge is 0.220 e. The standard InChI is InChI=1S/C20H21N5O2/c1-12(14-8-19(26)22-9-14)27-18-7-13(16-4-5-21-10-23-16)6-17-20(18)25(11-24-17)15-2-3-15/h4-7,10-12,14-15H,2-3,8-9H2,1H3,(H,22,26)/t12?,14-/m1/s1. The van der Waals surface area contributed by atoms with Crippen LogP contribution in [0.5, 0.6) is 5.75 Å². The van der Waals surface area contributed by atoms with Gasteiger partial charge in [-0.3, -0.25) is 4.79 Å². The average molecular weight is 363 g/mol. The number of ether oxygens (including phenoxy) is 1. The summed E-state index contributed by atoms with van der Waals surface area (Å²) in [6, 6.07) is 6.47. The first-order valence-corrected chi connectivity index (χ1v) is 9.39.